The number of nitrogens with zero attached hydrogens (tertiary/aromatic N) is 2. The number of halogens is 2. The number of carbonyl (C=O) groups is 2. The smallest absolute Gasteiger partial charge is 0.264 e. The normalized spacial score (nSPS) is 11.9. The molecule has 0 bridgehead atoms. The van der Waals surface area contributed by atoms with Crippen molar-refractivity contribution in [1.82, 2.24) is 10.2 Å². The van der Waals surface area contributed by atoms with E-state index in [0.717, 1.165) is 22.7 Å². The molecule has 9 nitrogen and oxygen atoms in total. The van der Waals surface area contributed by atoms with Gasteiger partial charge in [0, 0.05) is 34.8 Å². The molecule has 0 aliphatic rings. The molecule has 0 spiro atoms. The molecule has 0 saturated heterocycles. The van der Waals surface area contributed by atoms with Crippen molar-refractivity contribution in [2.75, 3.05) is 31.6 Å². The van der Waals surface area contributed by atoms with Crippen LogP contribution in [0.5, 0.6) is 11.5 Å². The van der Waals surface area contributed by atoms with Gasteiger partial charge in [-0.25, -0.2) is 8.42 Å². The molecule has 0 aromatic heterocycles. The number of sulfonamides is 1. The van der Waals surface area contributed by atoms with Crippen molar-refractivity contribution in [3.63, 3.8) is 0 Å². The van der Waals surface area contributed by atoms with Gasteiger partial charge in [0.2, 0.25) is 11.8 Å². The van der Waals surface area contributed by atoms with Crippen LogP contribution in [0.4, 0.5) is 5.69 Å². The highest BCUT2D eigenvalue weighted by Crippen LogP contribution is 2.33. The first kappa shape index (κ1) is 35.0. The number of hydrogen-bond donors (Lipinski definition) is 1. The van der Waals surface area contributed by atoms with Crippen LogP contribution in [-0.2, 0) is 26.2 Å². The number of anilines is 1. The highest BCUT2D eigenvalue weighted by molar-refractivity contribution is 7.92. The number of rotatable bonds is 15. The second kappa shape index (κ2) is 16.0. The fourth-order valence-electron chi connectivity index (χ4n) is 4.62. The Morgan fingerprint density at radius 2 is 1.57 bits per heavy atom. The molecule has 0 saturated carbocycles. The van der Waals surface area contributed by atoms with Crippen molar-refractivity contribution < 1.29 is 27.5 Å². The highest BCUT2D eigenvalue weighted by atomic mass is 35.5. The lowest BCUT2D eigenvalue weighted by atomic mass is 10.1. The number of methoxy groups -OCH3 is 2. The summed E-state index contributed by atoms with van der Waals surface area (Å²) < 4.78 is 40.0. The zero-order valence-electron chi connectivity index (χ0n) is 25.6. The van der Waals surface area contributed by atoms with E-state index >= 15 is 0 Å². The summed E-state index contributed by atoms with van der Waals surface area (Å²) in [7, 11) is -1.46. The number of amides is 2. The molecule has 1 atom stereocenters. The molecule has 12 heteroatoms. The third kappa shape index (κ3) is 8.37. The molecule has 0 radical (unpaired) electrons. The van der Waals surface area contributed by atoms with E-state index in [-0.39, 0.29) is 35.2 Å². The number of aryl methyl sites for hydroxylation is 1. The Morgan fingerprint density at radius 1 is 0.932 bits per heavy atom. The van der Waals surface area contributed by atoms with Crippen LogP contribution in [0.1, 0.15) is 44.2 Å². The highest BCUT2D eigenvalue weighted by Gasteiger charge is 2.34. The molecule has 238 valence electrons. The Bertz CT molecular complexity index is 1530. The average molecular weight is 665 g/mol. The van der Waals surface area contributed by atoms with Crippen molar-refractivity contribution in [1.29, 1.82) is 0 Å². The van der Waals surface area contributed by atoms with Gasteiger partial charge in [-0.1, -0.05) is 67.2 Å². The molecular weight excluding hydrogens is 625 g/mol. The standard InChI is InChI=1S/C32H39Cl2N3O6S/c1-6-8-18-35-32(39)28(7-2)36(20-25-26(33)10-9-11-27(25)34)31(38)21-37(23-14-12-22(3)13-15-23)44(40,41)24-16-17-29(42-4)30(19-24)43-5/h9-17,19,28H,6-8,18,20-21H2,1-5H3,(H,35,39). The topological polar surface area (TPSA) is 105 Å². The van der Waals surface area contributed by atoms with Crippen LogP contribution in [0.15, 0.2) is 65.6 Å². The summed E-state index contributed by atoms with van der Waals surface area (Å²) in [5, 5.41) is 3.55. The molecule has 0 fully saturated rings. The fourth-order valence-corrected chi connectivity index (χ4v) is 6.57. The third-order valence-corrected chi connectivity index (χ3v) is 9.63. The third-order valence-electron chi connectivity index (χ3n) is 7.15. The van der Waals surface area contributed by atoms with Crippen LogP contribution >= 0.6 is 23.2 Å². The second-order valence-corrected chi connectivity index (χ2v) is 12.8. The van der Waals surface area contributed by atoms with Gasteiger partial charge in [0.1, 0.15) is 12.6 Å². The Balaban J connectivity index is 2.11. The van der Waals surface area contributed by atoms with E-state index in [4.69, 9.17) is 32.7 Å². The van der Waals surface area contributed by atoms with Crippen LogP contribution < -0.4 is 19.1 Å². The first-order valence-corrected chi connectivity index (χ1v) is 16.5. The molecule has 0 aliphatic carbocycles. The lowest BCUT2D eigenvalue weighted by Gasteiger charge is -2.33. The summed E-state index contributed by atoms with van der Waals surface area (Å²) in [5.74, 6) is -0.383. The zero-order chi connectivity index (χ0) is 32.4. The van der Waals surface area contributed by atoms with E-state index in [1.54, 1.807) is 49.4 Å². The minimum atomic E-state index is -4.31. The van der Waals surface area contributed by atoms with E-state index in [0.29, 0.717) is 27.9 Å². The largest absolute Gasteiger partial charge is 0.493 e. The number of unbranched alkanes of at least 4 members (excludes halogenated alkanes) is 1. The van der Waals surface area contributed by atoms with Gasteiger partial charge in [-0.05, 0) is 56.2 Å². The van der Waals surface area contributed by atoms with E-state index in [2.05, 4.69) is 5.32 Å². The van der Waals surface area contributed by atoms with E-state index in [1.807, 2.05) is 13.8 Å². The zero-order valence-corrected chi connectivity index (χ0v) is 27.9. The van der Waals surface area contributed by atoms with Crippen molar-refractivity contribution >= 4 is 50.7 Å². The Morgan fingerprint density at radius 3 is 2.14 bits per heavy atom. The molecular formula is C32H39Cl2N3O6S. The van der Waals surface area contributed by atoms with Crippen LogP contribution in [0, 0.1) is 6.92 Å². The molecule has 3 aromatic rings. The minimum absolute atomic E-state index is 0.102. The van der Waals surface area contributed by atoms with Crippen LogP contribution in [-0.4, -0.2) is 58.5 Å². The predicted molar refractivity (Wildman–Crippen MR) is 174 cm³/mol. The van der Waals surface area contributed by atoms with Gasteiger partial charge >= 0.3 is 0 Å². The number of benzene rings is 3. The molecule has 0 aliphatic heterocycles. The lowest BCUT2D eigenvalue weighted by Crippen LogP contribution is -2.52. The van der Waals surface area contributed by atoms with Gasteiger partial charge in [0.15, 0.2) is 11.5 Å². The van der Waals surface area contributed by atoms with Gasteiger partial charge in [-0.3, -0.25) is 13.9 Å². The first-order valence-electron chi connectivity index (χ1n) is 14.3. The molecule has 44 heavy (non-hydrogen) atoms. The molecule has 1 unspecified atom stereocenters. The van der Waals surface area contributed by atoms with E-state index in [1.165, 1.54) is 37.3 Å². The summed E-state index contributed by atoms with van der Waals surface area (Å²) in [6.07, 6.45) is 1.93. The summed E-state index contributed by atoms with van der Waals surface area (Å²) in [6, 6.07) is 15.1. The molecule has 1 N–H and O–H groups in total. The maximum atomic E-state index is 14.3. The SMILES string of the molecule is CCCCNC(=O)C(CC)N(Cc1c(Cl)cccc1Cl)C(=O)CN(c1ccc(C)cc1)S(=O)(=O)c1ccc(OC)c(OC)c1. The van der Waals surface area contributed by atoms with Crippen molar-refractivity contribution in [3.8, 4) is 11.5 Å². The van der Waals surface area contributed by atoms with Gasteiger partial charge in [-0.15, -0.1) is 0 Å². The van der Waals surface area contributed by atoms with Crippen LogP contribution in [0.2, 0.25) is 10.0 Å². The average Bonchev–Trinajstić information content (AvgIpc) is 3.01. The van der Waals surface area contributed by atoms with Crippen LogP contribution in [0.3, 0.4) is 0 Å². The molecule has 3 rings (SSSR count). The predicted octanol–water partition coefficient (Wildman–Crippen LogP) is 6.24. The monoisotopic (exact) mass is 663 g/mol. The summed E-state index contributed by atoms with van der Waals surface area (Å²) in [5.41, 5.74) is 1.64. The van der Waals surface area contributed by atoms with Gasteiger partial charge in [0.05, 0.1) is 24.8 Å². The maximum absolute atomic E-state index is 14.3. The van der Waals surface area contributed by atoms with Crippen molar-refractivity contribution in [2.24, 2.45) is 0 Å². The van der Waals surface area contributed by atoms with Crippen molar-refractivity contribution in [2.45, 2.75) is 57.5 Å². The van der Waals surface area contributed by atoms with Gasteiger partial charge < -0.3 is 19.7 Å². The Labute approximate surface area is 270 Å². The number of hydrogen-bond acceptors (Lipinski definition) is 6. The van der Waals surface area contributed by atoms with Crippen LogP contribution in [0.25, 0.3) is 0 Å². The number of nitrogens with one attached hydrogen (secondary N) is 1. The minimum Gasteiger partial charge on any atom is -0.493 e. The Hall–Kier alpha value is -3.47. The molecule has 2 amide bonds. The van der Waals surface area contributed by atoms with Gasteiger partial charge in [0.25, 0.3) is 10.0 Å². The van der Waals surface area contributed by atoms with E-state index < -0.39 is 28.5 Å². The number of ether oxygens (including phenoxy) is 2. The number of carbonyl (C=O) groups excluding carboxylic acids is 2. The first-order chi connectivity index (χ1) is 21.0. The summed E-state index contributed by atoms with van der Waals surface area (Å²) in [6.45, 7) is 5.42. The molecule has 0 heterocycles. The summed E-state index contributed by atoms with van der Waals surface area (Å²) >= 11 is 13.0. The maximum Gasteiger partial charge on any atom is 0.264 e. The summed E-state index contributed by atoms with van der Waals surface area (Å²) in [4.78, 5) is 28.9. The van der Waals surface area contributed by atoms with Crippen molar-refractivity contribution in [3.05, 3.63) is 81.8 Å². The fraction of sp³-hybridized carbons (Fsp3) is 0.375. The lowest BCUT2D eigenvalue weighted by molar-refractivity contribution is -0.140. The Kier molecular flexibility index (Phi) is 12.7. The van der Waals surface area contributed by atoms with E-state index in [9.17, 15) is 18.0 Å². The van der Waals surface area contributed by atoms with Gasteiger partial charge in [-0.2, -0.15) is 0 Å². The quantitative estimate of drug-likeness (QED) is 0.193. The second-order valence-electron chi connectivity index (χ2n) is 10.2. The molecule has 3 aromatic carbocycles.